The molecule has 0 bridgehead atoms. The van der Waals surface area contributed by atoms with Gasteiger partial charge in [0.05, 0.1) is 0 Å². The van der Waals surface area contributed by atoms with Gasteiger partial charge in [-0.15, -0.1) is 0 Å². The van der Waals surface area contributed by atoms with E-state index >= 15 is 0 Å². The van der Waals surface area contributed by atoms with Crippen LogP contribution in [-0.4, -0.2) is 23.5 Å². The van der Waals surface area contributed by atoms with E-state index in [1.807, 2.05) is 6.92 Å². The molecule has 2 rings (SSSR count). The Morgan fingerprint density at radius 2 is 2.14 bits per heavy atom. The summed E-state index contributed by atoms with van der Waals surface area (Å²) in [6.45, 7) is 7.20. The van der Waals surface area contributed by atoms with Gasteiger partial charge in [-0.3, -0.25) is 4.79 Å². The summed E-state index contributed by atoms with van der Waals surface area (Å²) in [6, 6.07) is 3.62. The van der Waals surface area contributed by atoms with Crippen molar-refractivity contribution in [3.05, 3.63) is 22.8 Å². The molecule has 5 heteroatoms. The van der Waals surface area contributed by atoms with Crippen molar-refractivity contribution in [2.75, 3.05) is 11.9 Å². The van der Waals surface area contributed by atoms with Gasteiger partial charge in [-0.25, -0.2) is 4.98 Å². The highest BCUT2D eigenvalue weighted by Crippen LogP contribution is 2.29. The van der Waals surface area contributed by atoms with Gasteiger partial charge in [-0.1, -0.05) is 38.3 Å². The summed E-state index contributed by atoms with van der Waals surface area (Å²) < 4.78 is 0. The number of nitrogens with zero attached hydrogens (tertiary/aromatic N) is 1. The van der Waals surface area contributed by atoms with Crippen LogP contribution in [0.2, 0.25) is 5.15 Å². The molecule has 0 radical (unpaired) electrons. The molecule has 4 nitrogen and oxygen atoms in total. The van der Waals surface area contributed by atoms with Crippen molar-refractivity contribution in [3.63, 3.8) is 0 Å². The number of nitrogens with one attached hydrogen (secondary N) is 2. The topological polar surface area (TPSA) is 54.0 Å². The Kier molecular flexibility index (Phi) is 5.45. The van der Waals surface area contributed by atoms with E-state index in [9.17, 15) is 4.79 Å². The van der Waals surface area contributed by atoms with Gasteiger partial charge in [0.25, 0.3) is 5.91 Å². The maximum Gasteiger partial charge on any atom is 0.251 e. The maximum atomic E-state index is 12.4. The zero-order chi connectivity index (χ0) is 15.4. The summed E-state index contributed by atoms with van der Waals surface area (Å²) in [4.78, 5) is 16.6. The highest BCUT2D eigenvalue weighted by Gasteiger charge is 2.28. The molecule has 1 aromatic rings. The van der Waals surface area contributed by atoms with Crippen molar-refractivity contribution in [2.45, 2.75) is 46.1 Å². The first-order valence-corrected chi connectivity index (χ1v) is 8.11. The number of amides is 1. The van der Waals surface area contributed by atoms with E-state index in [0.29, 0.717) is 28.4 Å². The highest BCUT2D eigenvalue weighted by molar-refractivity contribution is 6.29. The lowest BCUT2D eigenvalue weighted by Crippen LogP contribution is -2.43. The van der Waals surface area contributed by atoms with Gasteiger partial charge in [0.15, 0.2) is 0 Å². The molecule has 3 atom stereocenters. The number of hydrogen-bond acceptors (Lipinski definition) is 3. The predicted molar refractivity (Wildman–Crippen MR) is 86.8 cm³/mol. The molecule has 1 aromatic heterocycles. The van der Waals surface area contributed by atoms with Gasteiger partial charge >= 0.3 is 0 Å². The molecule has 3 unspecified atom stereocenters. The predicted octanol–water partition coefficient (Wildman–Crippen LogP) is 3.72. The Labute approximate surface area is 131 Å². The third-order valence-corrected chi connectivity index (χ3v) is 4.63. The summed E-state index contributed by atoms with van der Waals surface area (Å²) in [5.41, 5.74) is 0.566. The normalized spacial score (nSPS) is 25.4. The second-order valence-corrected chi connectivity index (χ2v) is 6.33. The van der Waals surface area contributed by atoms with Gasteiger partial charge in [0, 0.05) is 18.2 Å². The molecular weight excluding hydrogens is 286 g/mol. The first-order valence-electron chi connectivity index (χ1n) is 7.73. The minimum atomic E-state index is -0.0654. The zero-order valence-electron chi connectivity index (χ0n) is 12.9. The van der Waals surface area contributed by atoms with Crippen molar-refractivity contribution in [1.29, 1.82) is 0 Å². The number of carbonyl (C=O) groups excluding carboxylic acids is 1. The molecule has 0 aromatic carbocycles. The largest absolute Gasteiger partial charge is 0.370 e. The Hall–Kier alpha value is -1.29. The van der Waals surface area contributed by atoms with Crippen LogP contribution in [0.1, 0.15) is 50.4 Å². The average molecular weight is 310 g/mol. The second kappa shape index (κ2) is 7.12. The van der Waals surface area contributed by atoms with E-state index in [0.717, 1.165) is 13.0 Å². The summed E-state index contributed by atoms with van der Waals surface area (Å²) >= 11 is 5.99. The molecule has 21 heavy (non-hydrogen) atoms. The minimum absolute atomic E-state index is 0.0654. The number of pyridine rings is 1. The molecule has 1 fully saturated rings. The number of hydrogen-bond donors (Lipinski definition) is 2. The molecule has 2 N–H and O–H groups in total. The fourth-order valence-electron chi connectivity index (χ4n) is 2.94. The average Bonchev–Trinajstić information content (AvgIpc) is 2.43. The highest BCUT2D eigenvalue weighted by atomic mass is 35.5. The van der Waals surface area contributed by atoms with Crippen LogP contribution < -0.4 is 10.6 Å². The number of carbonyl (C=O) groups is 1. The molecule has 1 saturated carbocycles. The van der Waals surface area contributed by atoms with Crippen molar-refractivity contribution >= 4 is 23.3 Å². The molecule has 0 aliphatic heterocycles. The van der Waals surface area contributed by atoms with Crippen LogP contribution in [0.3, 0.4) is 0 Å². The Morgan fingerprint density at radius 1 is 1.38 bits per heavy atom. The molecule has 1 amide bonds. The van der Waals surface area contributed by atoms with Crippen LogP contribution >= 0.6 is 11.6 Å². The van der Waals surface area contributed by atoms with Crippen LogP contribution in [0.4, 0.5) is 5.82 Å². The Bertz CT molecular complexity index is 506. The van der Waals surface area contributed by atoms with Gasteiger partial charge in [0.1, 0.15) is 11.0 Å². The van der Waals surface area contributed by atoms with Crippen LogP contribution in [0.15, 0.2) is 12.1 Å². The fourth-order valence-corrected chi connectivity index (χ4v) is 3.15. The van der Waals surface area contributed by atoms with Crippen LogP contribution in [0, 0.1) is 11.8 Å². The van der Waals surface area contributed by atoms with Crippen LogP contribution in [-0.2, 0) is 0 Å². The molecule has 1 heterocycles. The first-order chi connectivity index (χ1) is 10.0. The molecule has 1 aliphatic rings. The quantitative estimate of drug-likeness (QED) is 0.833. The van der Waals surface area contributed by atoms with E-state index in [1.165, 1.54) is 12.8 Å². The number of halogens is 1. The van der Waals surface area contributed by atoms with E-state index in [1.54, 1.807) is 12.1 Å². The minimum Gasteiger partial charge on any atom is -0.370 e. The number of anilines is 1. The van der Waals surface area contributed by atoms with E-state index in [2.05, 4.69) is 29.5 Å². The zero-order valence-corrected chi connectivity index (χ0v) is 13.7. The Balaban J connectivity index is 2.09. The molecular formula is C16H24ClN3O. The first kappa shape index (κ1) is 16.1. The smallest absolute Gasteiger partial charge is 0.251 e. The van der Waals surface area contributed by atoms with Crippen molar-refractivity contribution < 1.29 is 4.79 Å². The summed E-state index contributed by atoms with van der Waals surface area (Å²) in [7, 11) is 0. The monoisotopic (exact) mass is 309 g/mol. The molecule has 1 aliphatic carbocycles. The SMILES string of the molecule is CCNc1cc(C(=O)NC2CCCC(C)C2C)cc(Cl)n1. The maximum absolute atomic E-state index is 12.4. The molecule has 116 valence electrons. The molecule has 0 spiro atoms. The standard InChI is InChI=1S/C16H24ClN3O/c1-4-18-15-9-12(8-14(17)20-15)16(21)19-13-7-5-6-10(2)11(13)3/h8-11,13H,4-7H2,1-3H3,(H,18,20)(H,19,21). The van der Waals surface area contributed by atoms with Gasteiger partial charge in [0.2, 0.25) is 0 Å². The van der Waals surface area contributed by atoms with Crippen molar-refractivity contribution in [1.82, 2.24) is 10.3 Å². The summed E-state index contributed by atoms with van der Waals surface area (Å²) in [5, 5.41) is 6.58. The summed E-state index contributed by atoms with van der Waals surface area (Å²) in [5.74, 6) is 1.74. The Morgan fingerprint density at radius 3 is 2.86 bits per heavy atom. The lowest BCUT2D eigenvalue weighted by Gasteiger charge is -2.34. The van der Waals surface area contributed by atoms with Gasteiger partial charge in [-0.05, 0) is 37.3 Å². The fraction of sp³-hybridized carbons (Fsp3) is 0.625. The summed E-state index contributed by atoms with van der Waals surface area (Å²) in [6.07, 6.45) is 3.48. The van der Waals surface area contributed by atoms with Crippen molar-refractivity contribution in [2.24, 2.45) is 11.8 Å². The third kappa shape index (κ3) is 4.10. The van der Waals surface area contributed by atoms with Crippen LogP contribution in [0.25, 0.3) is 0 Å². The third-order valence-electron chi connectivity index (χ3n) is 4.44. The van der Waals surface area contributed by atoms with E-state index in [4.69, 9.17) is 11.6 Å². The molecule has 0 saturated heterocycles. The van der Waals surface area contributed by atoms with Gasteiger partial charge in [-0.2, -0.15) is 0 Å². The number of aromatic nitrogens is 1. The second-order valence-electron chi connectivity index (χ2n) is 5.94. The van der Waals surface area contributed by atoms with Crippen molar-refractivity contribution in [3.8, 4) is 0 Å². The lowest BCUT2D eigenvalue weighted by atomic mass is 9.78. The van der Waals surface area contributed by atoms with E-state index in [-0.39, 0.29) is 11.9 Å². The van der Waals surface area contributed by atoms with E-state index < -0.39 is 0 Å². The van der Waals surface area contributed by atoms with Gasteiger partial charge < -0.3 is 10.6 Å². The lowest BCUT2D eigenvalue weighted by molar-refractivity contribution is 0.0891. The number of rotatable bonds is 4. The van der Waals surface area contributed by atoms with Crippen LogP contribution in [0.5, 0.6) is 0 Å².